The van der Waals surface area contributed by atoms with Crippen LogP contribution < -0.4 is 10.2 Å². The van der Waals surface area contributed by atoms with E-state index in [4.69, 9.17) is 9.15 Å². The fourth-order valence-electron chi connectivity index (χ4n) is 2.90. The van der Waals surface area contributed by atoms with E-state index in [9.17, 15) is 4.79 Å². The van der Waals surface area contributed by atoms with Gasteiger partial charge in [0.2, 0.25) is 0 Å². The smallest absolute Gasteiger partial charge is 0.200 e. The Morgan fingerprint density at radius 1 is 1.04 bits per heavy atom. The molecule has 124 valence electrons. The Hall–Kier alpha value is -2.55. The molecule has 0 aliphatic carbocycles. The highest BCUT2D eigenvalue weighted by atomic mass is 16.5. The zero-order valence-electron chi connectivity index (χ0n) is 14.3. The molecule has 0 aliphatic rings. The molecule has 2 aromatic carbocycles. The van der Waals surface area contributed by atoms with Gasteiger partial charge in [-0.1, -0.05) is 50.2 Å². The number of hydrogen-bond donors (Lipinski definition) is 0. The lowest BCUT2D eigenvalue weighted by molar-refractivity contribution is 0.418. The minimum Gasteiger partial charge on any atom is -0.496 e. The van der Waals surface area contributed by atoms with Crippen LogP contribution in [0.1, 0.15) is 25.8 Å². The van der Waals surface area contributed by atoms with Gasteiger partial charge in [0.1, 0.15) is 22.5 Å². The highest BCUT2D eigenvalue weighted by Gasteiger charge is 2.18. The van der Waals surface area contributed by atoms with Crippen LogP contribution in [0.25, 0.3) is 22.3 Å². The molecule has 0 aliphatic heterocycles. The normalized spacial score (nSPS) is 11.2. The summed E-state index contributed by atoms with van der Waals surface area (Å²) in [5.41, 5.74) is 2.23. The molecule has 0 spiro atoms. The average Bonchev–Trinajstić information content (AvgIpc) is 2.60. The second-order valence-electron chi connectivity index (χ2n) is 6.37. The second kappa shape index (κ2) is 6.91. The average molecular weight is 322 g/mol. The Morgan fingerprint density at radius 3 is 2.46 bits per heavy atom. The summed E-state index contributed by atoms with van der Waals surface area (Å²) in [5, 5.41) is 0.526. The van der Waals surface area contributed by atoms with E-state index in [2.05, 4.69) is 13.8 Å². The molecule has 0 radical (unpaired) electrons. The molecule has 3 heteroatoms. The van der Waals surface area contributed by atoms with Gasteiger partial charge < -0.3 is 9.15 Å². The fraction of sp³-hybridized carbons (Fsp3) is 0.286. The molecule has 3 aromatic rings. The third-order valence-electron chi connectivity index (χ3n) is 4.20. The van der Waals surface area contributed by atoms with Crippen molar-refractivity contribution in [3.63, 3.8) is 0 Å². The van der Waals surface area contributed by atoms with Crippen LogP contribution in [0.4, 0.5) is 0 Å². The van der Waals surface area contributed by atoms with E-state index in [1.54, 1.807) is 13.2 Å². The van der Waals surface area contributed by atoms with Crippen LogP contribution in [-0.4, -0.2) is 7.11 Å². The summed E-state index contributed by atoms with van der Waals surface area (Å²) in [4.78, 5) is 13.2. The third kappa shape index (κ3) is 3.07. The molecule has 24 heavy (non-hydrogen) atoms. The van der Waals surface area contributed by atoms with Gasteiger partial charge in [-0.2, -0.15) is 0 Å². The topological polar surface area (TPSA) is 39.4 Å². The standard InChI is InChI=1S/C21H22O3/c1-14(2)12-13-16-20(22)19-17(23-3)10-7-11-18(19)24-21(16)15-8-5-4-6-9-15/h4-11,14H,12-13H2,1-3H3. The lowest BCUT2D eigenvalue weighted by atomic mass is 9.97. The highest BCUT2D eigenvalue weighted by molar-refractivity contribution is 5.86. The molecule has 0 saturated heterocycles. The predicted molar refractivity (Wildman–Crippen MR) is 97.6 cm³/mol. The van der Waals surface area contributed by atoms with Gasteiger partial charge in [-0.15, -0.1) is 0 Å². The summed E-state index contributed by atoms with van der Waals surface area (Å²) in [6.45, 7) is 4.32. The van der Waals surface area contributed by atoms with Crippen LogP contribution in [0.3, 0.4) is 0 Å². The van der Waals surface area contributed by atoms with Gasteiger partial charge in [0, 0.05) is 11.1 Å². The summed E-state index contributed by atoms with van der Waals surface area (Å²) in [6, 6.07) is 15.3. The van der Waals surface area contributed by atoms with Crippen molar-refractivity contribution in [3.8, 4) is 17.1 Å². The molecule has 0 saturated carbocycles. The third-order valence-corrected chi connectivity index (χ3v) is 4.20. The zero-order chi connectivity index (χ0) is 17.1. The van der Waals surface area contributed by atoms with Crippen molar-refractivity contribution in [2.24, 2.45) is 5.92 Å². The van der Waals surface area contributed by atoms with Crippen molar-refractivity contribution in [2.75, 3.05) is 7.11 Å². The number of methoxy groups -OCH3 is 1. The van der Waals surface area contributed by atoms with Gasteiger partial charge in [0.05, 0.1) is 7.11 Å². The molecule has 0 amide bonds. The van der Waals surface area contributed by atoms with Crippen molar-refractivity contribution in [1.82, 2.24) is 0 Å². The van der Waals surface area contributed by atoms with Gasteiger partial charge in [-0.25, -0.2) is 0 Å². The Balaban J connectivity index is 2.29. The molecule has 0 bridgehead atoms. The second-order valence-corrected chi connectivity index (χ2v) is 6.37. The van der Waals surface area contributed by atoms with E-state index in [0.29, 0.717) is 34.8 Å². The number of benzene rings is 2. The number of ether oxygens (including phenoxy) is 1. The van der Waals surface area contributed by atoms with Gasteiger partial charge in [-0.05, 0) is 30.9 Å². The molecule has 3 nitrogen and oxygen atoms in total. The minimum absolute atomic E-state index is 0.00760. The molecule has 3 rings (SSSR count). The number of hydrogen-bond acceptors (Lipinski definition) is 3. The first-order valence-corrected chi connectivity index (χ1v) is 8.30. The molecule has 0 atom stereocenters. The first-order valence-electron chi connectivity index (χ1n) is 8.30. The number of rotatable bonds is 5. The Labute approximate surface area is 141 Å². The van der Waals surface area contributed by atoms with Crippen molar-refractivity contribution in [2.45, 2.75) is 26.7 Å². The van der Waals surface area contributed by atoms with Crippen LogP contribution >= 0.6 is 0 Å². The van der Waals surface area contributed by atoms with Gasteiger partial charge in [0.15, 0.2) is 5.43 Å². The lowest BCUT2D eigenvalue weighted by Crippen LogP contribution is -2.13. The molecular formula is C21H22O3. The van der Waals surface area contributed by atoms with Gasteiger partial charge >= 0.3 is 0 Å². The number of fused-ring (bicyclic) bond motifs is 1. The Morgan fingerprint density at radius 2 is 1.79 bits per heavy atom. The van der Waals surface area contributed by atoms with Crippen molar-refractivity contribution in [1.29, 1.82) is 0 Å². The molecule has 1 aromatic heterocycles. The lowest BCUT2D eigenvalue weighted by Gasteiger charge is -2.13. The first-order chi connectivity index (χ1) is 11.6. The van der Waals surface area contributed by atoms with Crippen molar-refractivity contribution in [3.05, 3.63) is 64.3 Å². The summed E-state index contributed by atoms with van der Waals surface area (Å²) in [5.74, 6) is 1.75. The van der Waals surface area contributed by atoms with E-state index in [1.165, 1.54) is 0 Å². The molecule has 0 unspecified atom stereocenters. The minimum atomic E-state index is 0.00760. The highest BCUT2D eigenvalue weighted by Crippen LogP contribution is 2.30. The van der Waals surface area contributed by atoms with E-state index < -0.39 is 0 Å². The maximum absolute atomic E-state index is 13.2. The monoisotopic (exact) mass is 322 g/mol. The SMILES string of the molecule is COc1cccc2oc(-c3ccccc3)c(CCC(C)C)c(=O)c12. The zero-order valence-corrected chi connectivity index (χ0v) is 14.3. The van der Waals surface area contributed by atoms with Crippen molar-refractivity contribution >= 4 is 11.0 Å². The first kappa shape index (κ1) is 16.3. The predicted octanol–water partition coefficient (Wildman–Crippen LogP) is 5.06. The van der Waals surface area contributed by atoms with Crippen LogP contribution in [0.15, 0.2) is 57.7 Å². The van der Waals surface area contributed by atoms with E-state index in [-0.39, 0.29) is 5.43 Å². The van der Waals surface area contributed by atoms with Crippen LogP contribution in [0.2, 0.25) is 0 Å². The van der Waals surface area contributed by atoms with Gasteiger partial charge in [0.25, 0.3) is 0 Å². The summed E-state index contributed by atoms with van der Waals surface area (Å²) >= 11 is 0. The van der Waals surface area contributed by atoms with Crippen LogP contribution in [0, 0.1) is 5.92 Å². The molecular weight excluding hydrogens is 300 g/mol. The molecule has 0 N–H and O–H groups in total. The Kier molecular flexibility index (Phi) is 4.70. The summed E-state index contributed by atoms with van der Waals surface area (Å²) in [6.07, 6.45) is 1.63. The quantitative estimate of drug-likeness (QED) is 0.659. The molecule has 1 heterocycles. The van der Waals surface area contributed by atoms with Gasteiger partial charge in [-0.3, -0.25) is 4.79 Å². The summed E-state index contributed by atoms with van der Waals surface area (Å²) in [7, 11) is 1.58. The maximum Gasteiger partial charge on any atom is 0.200 e. The maximum atomic E-state index is 13.2. The fourth-order valence-corrected chi connectivity index (χ4v) is 2.90. The van der Waals surface area contributed by atoms with E-state index in [1.807, 2.05) is 42.5 Å². The van der Waals surface area contributed by atoms with Crippen molar-refractivity contribution < 1.29 is 9.15 Å². The Bertz CT molecular complexity index is 892. The largest absolute Gasteiger partial charge is 0.496 e. The van der Waals surface area contributed by atoms with Crippen LogP contribution in [0.5, 0.6) is 5.75 Å². The summed E-state index contributed by atoms with van der Waals surface area (Å²) < 4.78 is 11.5. The molecule has 0 fully saturated rings. The van der Waals surface area contributed by atoms with E-state index >= 15 is 0 Å². The van der Waals surface area contributed by atoms with E-state index in [0.717, 1.165) is 17.5 Å². The van der Waals surface area contributed by atoms with Crippen LogP contribution in [-0.2, 0) is 6.42 Å².